The predicted octanol–water partition coefficient (Wildman–Crippen LogP) is 4.86. The van der Waals surface area contributed by atoms with Gasteiger partial charge in [0.25, 0.3) is 0 Å². The van der Waals surface area contributed by atoms with E-state index < -0.39 is 6.29 Å². The van der Waals surface area contributed by atoms with Crippen molar-refractivity contribution in [2.75, 3.05) is 31.6 Å². The molecule has 1 heterocycles. The zero-order chi connectivity index (χ0) is 20.4. The molecule has 1 N–H and O–H groups in total. The van der Waals surface area contributed by atoms with Gasteiger partial charge in [0, 0.05) is 25.4 Å². The third-order valence-corrected chi connectivity index (χ3v) is 4.28. The van der Waals surface area contributed by atoms with E-state index in [1.165, 1.54) is 0 Å². The van der Waals surface area contributed by atoms with Gasteiger partial charge in [-0.25, -0.2) is 9.78 Å². The summed E-state index contributed by atoms with van der Waals surface area (Å²) in [5.74, 6) is 0. The van der Waals surface area contributed by atoms with Crippen molar-refractivity contribution in [2.45, 2.75) is 26.6 Å². The van der Waals surface area contributed by atoms with Gasteiger partial charge in [-0.2, -0.15) is 0 Å². The maximum Gasteiger partial charge on any atom is 0.322 e. The van der Waals surface area contributed by atoms with E-state index in [0.717, 1.165) is 5.56 Å². The van der Waals surface area contributed by atoms with Gasteiger partial charge in [0.15, 0.2) is 6.29 Å². The topological polar surface area (TPSA) is 63.7 Å². The number of nitrogens with zero attached hydrogens (tertiary/aromatic N) is 2. The van der Waals surface area contributed by atoms with Gasteiger partial charge in [0.1, 0.15) is 10.3 Å². The van der Waals surface area contributed by atoms with Crippen molar-refractivity contribution < 1.29 is 14.3 Å². The molecule has 2 amide bonds. The summed E-state index contributed by atoms with van der Waals surface area (Å²) in [6.07, 6.45) is 0.206. The first kappa shape index (κ1) is 22.4. The summed E-state index contributed by atoms with van der Waals surface area (Å²) in [5, 5.41) is 3.23. The van der Waals surface area contributed by atoms with Crippen molar-refractivity contribution in [3.8, 4) is 0 Å². The molecule has 152 valence electrons. The number of halogens is 2. The Balaban J connectivity index is 2.11. The molecule has 0 bridgehead atoms. The first-order valence-corrected chi connectivity index (χ1v) is 9.93. The Labute approximate surface area is 175 Å². The van der Waals surface area contributed by atoms with Crippen LogP contribution in [0.3, 0.4) is 0 Å². The molecule has 0 atom stereocenters. The number of carbonyl (C=O) groups is 1. The van der Waals surface area contributed by atoms with Gasteiger partial charge in [-0.3, -0.25) is 0 Å². The molecular formula is C20H25Cl2N3O3. The summed E-state index contributed by atoms with van der Waals surface area (Å²) in [7, 11) is 0. The number of nitrogens with one attached hydrogen (secondary N) is 1. The fourth-order valence-corrected chi connectivity index (χ4v) is 3.09. The van der Waals surface area contributed by atoms with Crippen LogP contribution < -0.4 is 5.32 Å². The van der Waals surface area contributed by atoms with Gasteiger partial charge in [0.2, 0.25) is 0 Å². The summed E-state index contributed by atoms with van der Waals surface area (Å²) < 4.78 is 11.2. The van der Waals surface area contributed by atoms with E-state index in [0.29, 0.717) is 38.4 Å². The number of amides is 2. The molecule has 2 rings (SSSR count). The Morgan fingerprint density at radius 1 is 1.11 bits per heavy atom. The van der Waals surface area contributed by atoms with Gasteiger partial charge in [-0.05, 0) is 38.0 Å². The fraction of sp³-hybridized carbons (Fsp3) is 0.400. The molecule has 0 radical (unpaired) electrons. The molecule has 0 aliphatic rings. The second-order valence-corrected chi connectivity index (χ2v) is 6.73. The minimum absolute atomic E-state index is 0.208. The number of pyridine rings is 1. The molecule has 1 aromatic heterocycles. The molecule has 28 heavy (non-hydrogen) atoms. The van der Waals surface area contributed by atoms with E-state index in [-0.39, 0.29) is 16.3 Å². The van der Waals surface area contributed by atoms with Crippen LogP contribution in [0, 0.1) is 0 Å². The zero-order valence-corrected chi connectivity index (χ0v) is 17.5. The second-order valence-electron chi connectivity index (χ2n) is 5.95. The minimum Gasteiger partial charge on any atom is -0.351 e. The lowest BCUT2D eigenvalue weighted by Gasteiger charge is -2.27. The molecule has 0 saturated heterocycles. The zero-order valence-electron chi connectivity index (χ0n) is 16.0. The quantitative estimate of drug-likeness (QED) is 0.435. The summed E-state index contributed by atoms with van der Waals surface area (Å²) >= 11 is 11.8. The van der Waals surface area contributed by atoms with Crippen molar-refractivity contribution >= 4 is 34.9 Å². The molecular weight excluding hydrogens is 401 g/mol. The van der Waals surface area contributed by atoms with Crippen LogP contribution in [-0.2, 0) is 15.9 Å². The summed E-state index contributed by atoms with van der Waals surface area (Å²) in [5.41, 5.74) is 1.61. The van der Waals surface area contributed by atoms with E-state index in [2.05, 4.69) is 10.3 Å². The summed E-state index contributed by atoms with van der Waals surface area (Å²) in [4.78, 5) is 18.4. The van der Waals surface area contributed by atoms with Gasteiger partial charge >= 0.3 is 6.03 Å². The fourth-order valence-electron chi connectivity index (χ4n) is 2.63. The SMILES string of the molecule is CCOC(CN(CCc1ccccc1)C(=O)Nc1cc(Cl)nc(Cl)c1)OCC. The molecule has 6 nitrogen and oxygen atoms in total. The second kappa shape index (κ2) is 11.9. The molecule has 1 aromatic carbocycles. The van der Waals surface area contributed by atoms with Crippen LogP contribution >= 0.6 is 23.2 Å². The predicted molar refractivity (Wildman–Crippen MR) is 112 cm³/mol. The van der Waals surface area contributed by atoms with Crippen LogP contribution in [0.15, 0.2) is 42.5 Å². The van der Waals surface area contributed by atoms with Gasteiger partial charge in [0.05, 0.1) is 6.54 Å². The van der Waals surface area contributed by atoms with Crippen molar-refractivity contribution in [2.24, 2.45) is 0 Å². The molecule has 0 unspecified atom stereocenters. The van der Waals surface area contributed by atoms with Gasteiger partial charge < -0.3 is 19.7 Å². The molecule has 8 heteroatoms. The number of ether oxygens (including phenoxy) is 2. The van der Waals surface area contributed by atoms with Crippen molar-refractivity contribution in [1.29, 1.82) is 0 Å². The van der Waals surface area contributed by atoms with Crippen molar-refractivity contribution in [1.82, 2.24) is 9.88 Å². The highest BCUT2D eigenvalue weighted by Crippen LogP contribution is 2.19. The number of carbonyl (C=O) groups excluding carboxylic acids is 1. The van der Waals surface area contributed by atoms with Crippen molar-refractivity contribution in [3.63, 3.8) is 0 Å². The summed E-state index contributed by atoms with van der Waals surface area (Å²) in [6.45, 7) is 5.57. The lowest BCUT2D eigenvalue weighted by Crippen LogP contribution is -2.43. The normalized spacial score (nSPS) is 10.9. The highest BCUT2D eigenvalue weighted by atomic mass is 35.5. The maximum atomic E-state index is 12.9. The lowest BCUT2D eigenvalue weighted by molar-refractivity contribution is -0.142. The number of anilines is 1. The number of rotatable bonds is 10. The lowest BCUT2D eigenvalue weighted by atomic mass is 10.1. The van der Waals surface area contributed by atoms with Crippen LogP contribution in [0.2, 0.25) is 10.3 Å². The van der Waals surface area contributed by atoms with E-state index in [4.69, 9.17) is 32.7 Å². The highest BCUT2D eigenvalue weighted by Gasteiger charge is 2.20. The number of hydrogen-bond donors (Lipinski definition) is 1. The van der Waals surface area contributed by atoms with Gasteiger partial charge in [-0.1, -0.05) is 53.5 Å². The largest absolute Gasteiger partial charge is 0.351 e. The van der Waals surface area contributed by atoms with E-state index >= 15 is 0 Å². The minimum atomic E-state index is -0.499. The third-order valence-electron chi connectivity index (χ3n) is 3.89. The van der Waals surface area contributed by atoms with Crippen LogP contribution in [-0.4, -0.2) is 48.5 Å². The number of urea groups is 1. The Morgan fingerprint density at radius 2 is 1.71 bits per heavy atom. The first-order valence-electron chi connectivity index (χ1n) is 9.18. The Hall–Kier alpha value is -1.86. The monoisotopic (exact) mass is 425 g/mol. The van der Waals surface area contributed by atoms with E-state index in [1.54, 1.807) is 17.0 Å². The molecule has 0 spiro atoms. The third kappa shape index (κ3) is 7.64. The molecule has 0 aliphatic heterocycles. The molecule has 2 aromatic rings. The first-order chi connectivity index (χ1) is 13.5. The van der Waals surface area contributed by atoms with Crippen LogP contribution in [0.25, 0.3) is 0 Å². The highest BCUT2D eigenvalue weighted by molar-refractivity contribution is 6.32. The Bertz CT molecular complexity index is 720. The average molecular weight is 426 g/mol. The average Bonchev–Trinajstić information content (AvgIpc) is 2.65. The number of hydrogen-bond acceptors (Lipinski definition) is 4. The van der Waals surface area contributed by atoms with E-state index in [1.807, 2.05) is 44.2 Å². The maximum absolute atomic E-state index is 12.9. The van der Waals surface area contributed by atoms with Crippen LogP contribution in [0.1, 0.15) is 19.4 Å². The van der Waals surface area contributed by atoms with Crippen molar-refractivity contribution in [3.05, 3.63) is 58.3 Å². The van der Waals surface area contributed by atoms with Gasteiger partial charge in [-0.15, -0.1) is 0 Å². The smallest absolute Gasteiger partial charge is 0.322 e. The summed E-state index contributed by atoms with van der Waals surface area (Å²) in [6, 6.07) is 12.8. The molecule has 0 aliphatic carbocycles. The van der Waals surface area contributed by atoms with E-state index in [9.17, 15) is 4.79 Å². The molecule has 0 saturated carbocycles. The van der Waals surface area contributed by atoms with Crippen LogP contribution in [0.5, 0.6) is 0 Å². The number of benzene rings is 1. The molecule has 0 fully saturated rings. The standard InChI is InChI=1S/C20H25Cl2N3O3/c1-3-27-19(28-4-2)14-25(11-10-15-8-6-5-7-9-15)20(26)23-16-12-17(21)24-18(22)13-16/h5-9,12-13,19H,3-4,10-11,14H2,1-2H3,(H,23,24,26). The Morgan fingerprint density at radius 3 is 2.29 bits per heavy atom. The van der Waals surface area contributed by atoms with Crippen LogP contribution in [0.4, 0.5) is 10.5 Å². The number of aromatic nitrogens is 1. The Kier molecular flexibility index (Phi) is 9.50.